The molecule has 7 nitrogen and oxygen atoms in total. The Morgan fingerprint density at radius 2 is 1.97 bits per heavy atom. The third-order valence-corrected chi connectivity index (χ3v) is 5.90. The Bertz CT molecular complexity index is 1260. The maximum atomic E-state index is 12.6. The minimum absolute atomic E-state index is 0.218. The van der Waals surface area contributed by atoms with E-state index in [9.17, 15) is 4.79 Å². The number of carbonyl (C=O) groups excluding carboxylic acids is 1. The molecular weight excluding hydrogens is 432 g/mol. The molecule has 0 saturated heterocycles. The first-order valence-corrected chi connectivity index (χ1v) is 10.9. The predicted molar refractivity (Wildman–Crippen MR) is 124 cm³/mol. The molecule has 5 rings (SSSR count). The monoisotopic (exact) mass is 448 g/mol. The molecule has 0 atom stereocenters. The lowest BCUT2D eigenvalue weighted by Gasteiger charge is -2.14. The Morgan fingerprint density at radius 1 is 1.06 bits per heavy atom. The number of nitrogens with one attached hydrogen (secondary N) is 3. The van der Waals surface area contributed by atoms with Gasteiger partial charge in [-0.2, -0.15) is 4.98 Å². The molecule has 1 amide bonds. The van der Waals surface area contributed by atoms with Crippen molar-refractivity contribution in [1.29, 1.82) is 0 Å². The van der Waals surface area contributed by atoms with E-state index in [4.69, 9.17) is 11.6 Å². The van der Waals surface area contributed by atoms with Crippen LogP contribution in [0.1, 0.15) is 20.9 Å². The van der Waals surface area contributed by atoms with E-state index in [1.165, 1.54) is 11.3 Å². The Hall–Kier alpha value is -3.49. The van der Waals surface area contributed by atoms with Gasteiger partial charge in [-0.1, -0.05) is 23.7 Å². The van der Waals surface area contributed by atoms with Crippen LogP contribution in [0.3, 0.4) is 0 Å². The van der Waals surface area contributed by atoms with Crippen molar-refractivity contribution >= 4 is 57.7 Å². The fraction of sp³-hybridized carbons (Fsp3) is 0.0909. The van der Waals surface area contributed by atoms with Gasteiger partial charge < -0.3 is 16.0 Å². The van der Waals surface area contributed by atoms with Crippen molar-refractivity contribution in [3.05, 3.63) is 81.4 Å². The van der Waals surface area contributed by atoms with Gasteiger partial charge in [0.25, 0.3) is 5.91 Å². The van der Waals surface area contributed by atoms with Crippen LogP contribution in [0.25, 0.3) is 0 Å². The highest BCUT2D eigenvalue weighted by Crippen LogP contribution is 2.29. The zero-order valence-electron chi connectivity index (χ0n) is 16.2. The number of hydrogen-bond acceptors (Lipinski definition) is 7. The molecule has 1 aliphatic rings. The molecule has 0 unspecified atom stereocenters. The molecule has 0 radical (unpaired) electrons. The summed E-state index contributed by atoms with van der Waals surface area (Å²) in [7, 11) is 0. The molecule has 154 valence electrons. The van der Waals surface area contributed by atoms with E-state index in [1.54, 1.807) is 17.8 Å². The number of halogens is 1. The number of benzene rings is 2. The average molecular weight is 449 g/mol. The molecule has 3 heterocycles. The van der Waals surface area contributed by atoms with Crippen LogP contribution in [0.4, 0.5) is 28.8 Å². The van der Waals surface area contributed by atoms with Gasteiger partial charge in [0, 0.05) is 28.6 Å². The lowest BCUT2D eigenvalue weighted by Crippen LogP contribution is -2.13. The minimum Gasteiger partial charge on any atom is -0.339 e. The number of thiazole rings is 1. The number of nitrogens with zero attached hydrogens (tertiary/aromatic N) is 3. The molecule has 0 fully saturated rings. The Balaban J connectivity index is 1.54. The van der Waals surface area contributed by atoms with Crippen molar-refractivity contribution in [2.75, 3.05) is 16.0 Å². The molecule has 0 spiro atoms. The van der Waals surface area contributed by atoms with Crippen LogP contribution in [-0.2, 0) is 12.8 Å². The molecule has 3 N–H and O–H groups in total. The first-order valence-electron chi connectivity index (χ1n) is 9.63. The molecule has 0 saturated carbocycles. The molecule has 6 bridgehead atoms. The summed E-state index contributed by atoms with van der Waals surface area (Å²) in [5.74, 6) is 0.737. The van der Waals surface area contributed by atoms with Gasteiger partial charge in [0.15, 0.2) is 10.8 Å². The van der Waals surface area contributed by atoms with Crippen molar-refractivity contribution in [3.8, 4) is 0 Å². The molecule has 9 heteroatoms. The van der Waals surface area contributed by atoms with Gasteiger partial charge in [0.1, 0.15) is 5.02 Å². The fourth-order valence-corrected chi connectivity index (χ4v) is 4.04. The number of rotatable bonds is 2. The first-order chi connectivity index (χ1) is 15.1. The lowest BCUT2D eigenvalue weighted by molar-refractivity contribution is 0.102. The Labute approximate surface area is 187 Å². The van der Waals surface area contributed by atoms with Crippen molar-refractivity contribution in [2.45, 2.75) is 12.8 Å². The van der Waals surface area contributed by atoms with Crippen LogP contribution in [0.15, 0.2) is 60.2 Å². The lowest BCUT2D eigenvalue weighted by atomic mass is 10.0. The molecule has 4 aromatic rings. The fourth-order valence-electron chi connectivity index (χ4n) is 3.38. The summed E-state index contributed by atoms with van der Waals surface area (Å²) in [4.78, 5) is 25.4. The number of carbonyl (C=O) groups is 1. The average Bonchev–Trinajstić information content (AvgIpc) is 3.31. The van der Waals surface area contributed by atoms with E-state index in [0.29, 0.717) is 21.8 Å². The van der Waals surface area contributed by atoms with Crippen molar-refractivity contribution in [2.24, 2.45) is 0 Å². The summed E-state index contributed by atoms with van der Waals surface area (Å²) >= 11 is 7.62. The maximum absolute atomic E-state index is 12.6. The van der Waals surface area contributed by atoms with Crippen LogP contribution in [0.2, 0.25) is 5.02 Å². The van der Waals surface area contributed by atoms with Gasteiger partial charge in [-0.05, 0) is 54.3 Å². The Morgan fingerprint density at radius 3 is 2.84 bits per heavy atom. The zero-order valence-corrected chi connectivity index (χ0v) is 17.8. The van der Waals surface area contributed by atoms with E-state index >= 15 is 0 Å². The summed E-state index contributed by atoms with van der Waals surface area (Å²) in [5.41, 5.74) is 4.63. The van der Waals surface area contributed by atoms with Crippen LogP contribution in [0, 0.1) is 0 Å². The Kier molecular flexibility index (Phi) is 5.23. The number of amides is 1. The van der Waals surface area contributed by atoms with Crippen molar-refractivity contribution in [1.82, 2.24) is 15.0 Å². The second-order valence-electron chi connectivity index (χ2n) is 7.00. The molecule has 0 aliphatic carbocycles. The highest BCUT2D eigenvalue weighted by atomic mass is 35.5. The van der Waals surface area contributed by atoms with E-state index in [-0.39, 0.29) is 5.91 Å². The summed E-state index contributed by atoms with van der Waals surface area (Å²) in [6.45, 7) is 0. The third-order valence-electron chi connectivity index (χ3n) is 4.85. The predicted octanol–water partition coefficient (Wildman–Crippen LogP) is 5.42. The van der Waals surface area contributed by atoms with E-state index < -0.39 is 0 Å². The van der Waals surface area contributed by atoms with E-state index in [0.717, 1.165) is 41.0 Å². The SMILES string of the molecule is O=C(Nc1ccc2cc1CCc1cccc(c1)Nc1ncc(Cl)c(n1)N2)c1nccs1. The molecular formula is C22H17ClN6OS. The molecule has 31 heavy (non-hydrogen) atoms. The third kappa shape index (κ3) is 4.35. The molecule has 2 aromatic heterocycles. The smallest absolute Gasteiger partial charge is 0.284 e. The second-order valence-corrected chi connectivity index (χ2v) is 8.31. The highest BCUT2D eigenvalue weighted by molar-refractivity contribution is 7.11. The van der Waals surface area contributed by atoms with Crippen molar-refractivity contribution in [3.63, 3.8) is 0 Å². The van der Waals surface area contributed by atoms with Gasteiger partial charge >= 0.3 is 0 Å². The van der Waals surface area contributed by atoms with Crippen LogP contribution in [0.5, 0.6) is 0 Å². The van der Waals surface area contributed by atoms with E-state index in [2.05, 4.69) is 43.0 Å². The summed E-state index contributed by atoms with van der Waals surface area (Å²) in [5, 5.41) is 12.1. The number of fused-ring (bicyclic) bond motifs is 6. The maximum Gasteiger partial charge on any atom is 0.284 e. The summed E-state index contributed by atoms with van der Waals surface area (Å²) in [6, 6.07) is 13.9. The number of anilines is 5. The first kappa shape index (κ1) is 19.5. The van der Waals surface area contributed by atoms with Crippen LogP contribution < -0.4 is 16.0 Å². The number of hydrogen-bond donors (Lipinski definition) is 3. The van der Waals surface area contributed by atoms with Gasteiger partial charge in [-0.25, -0.2) is 9.97 Å². The quantitative estimate of drug-likeness (QED) is 0.379. The van der Waals surface area contributed by atoms with E-state index in [1.807, 2.05) is 30.3 Å². The van der Waals surface area contributed by atoms with Gasteiger partial charge in [0.05, 0.1) is 6.20 Å². The van der Waals surface area contributed by atoms with Crippen molar-refractivity contribution < 1.29 is 4.79 Å². The van der Waals surface area contributed by atoms with Gasteiger partial charge in [-0.15, -0.1) is 11.3 Å². The normalized spacial score (nSPS) is 12.4. The number of aromatic nitrogens is 3. The number of aryl methyl sites for hydroxylation is 2. The molecule has 1 aliphatic heterocycles. The largest absolute Gasteiger partial charge is 0.339 e. The van der Waals surface area contributed by atoms with Crippen LogP contribution in [-0.4, -0.2) is 20.9 Å². The topological polar surface area (TPSA) is 91.8 Å². The standard InChI is InChI=1S/C22H17ClN6OS/c23-17-12-25-22-27-15-3-1-2-13(10-15)4-5-14-11-16(26-19(17)29-22)6-7-18(14)28-20(30)21-24-8-9-31-21/h1-3,6-12H,4-5H2,(H,28,30)(H2,25,26,27,29). The highest BCUT2D eigenvalue weighted by Gasteiger charge is 2.14. The van der Waals surface area contributed by atoms with Crippen LogP contribution >= 0.6 is 22.9 Å². The summed E-state index contributed by atoms with van der Waals surface area (Å²) in [6.07, 6.45) is 4.73. The van der Waals surface area contributed by atoms with Gasteiger partial charge in [-0.3, -0.25) is 4.79 Å². The van der Waals surface area contributed by atoms with Gasteiger partial charge in [0.2, 0.25) is 5.95 Å². The molecule has 2 aromatic carbocycles. The summed E-state index contributed by atoms with van der Waals surface area (Å²) < 4.78 is 0. The second kappa shape index (κ2) is 8.33. The minimum atomic E-state index is -0.218. The zero-order chi connectivity index (χ0) is 21.2.